The Hall–Kier alpha value is -2.67. The molecular formula is C16H21N5O2. The molecule has 0 unspecified atom stereocenters. The highest BCUT2D eigenvalue weighted by Crippen LogP contribution is 2.17. The van der Waals surface area contributed by atoms with Crippen molar-refractivity contribution in [2.45, 2.75) is 13.5 Å². The number of nitrogen functional groups attached to an aromatic ring is 1. The Balaban J connectivity index is 1.70. The second kappa shape index (κ2) is 8.09. The lowest BCUT2D eigenvalue weighted by molar-refractivity contribution is -0.117. The average molecular weight is 315 g/mol. The molecule has 1 heterocycles. The van der Waals surface area contributed by atoms with E-state index in [1.54, 1.807) is 11.6 Å². The van der Waals surface area contributed by atoms with Crippen LogP contribution in [0.2, 0.25) is 0 Å². The third-order valence-electron chi connectivity index (χ3n) is 3.13. The first-order chi connectivity index (χ1) is 11.1. The van der Waals surface area contributed by atoms with Gasteiger partial charge in [-0.05, 0) is 19.1 Å². The molecule has 3 N–H and O–H groups in total. The zero-order valence-corrected chi connectivity index (χ0v) is 13.2. The molecule has 7 heteroatoms. The van der Waals surface area contributed by atoms with Crippen molar-refractivity contribution in [1.29, 1.82) is 0 Å². The largest absolute Gasteiger partial charge is 0.399 e. The van der Waals surface area contributed by atoms with Crippen LogP contribution in [-0.2, 0) is 16.1 Å². The van der Waals surface area contributed by atoms with E-state index in [1.165, 1.54) is 0 Å². The molecule has 2 rings (SSSR count). The van der Waals surface area contributed by atoms with Crippen LogP contribution in [0.4, 0.5) is 5.69 Å². The smallest absolute Gasteiger partial charge is 0.246 e. The van der Waals surface area contributed by atoms with Crippen LogP contribution in [0, 0.1) is 0 Å². The normalized spacial score (nSPS) is 10.5. The fourth-order valence-electron chi connectivity index (χ4n) is 1.84. The summed E-state index contributed by atoms with van der Waals surface area (Å²) >= 11 is 0. The maximum absolute atomic E-state index is 11.3. The minimum absolute atomic E-state index is 0.155. The highest BCUT2D eigenvalue weighted by atomic mass is 16.5. The van der Waals surface area contributed by atoms with Gasteiger partial charge in [-0.2, -0.15) is 0 Å². The van der Waals surface area contributed by atoms with Crippen LogP contribution in [-0.4, -0.2) is 40.7 Å². The fourth-order valence-corrected chi connectivity index (χ4v) is 1.84. The first kappa shape index (κ1) is 16.7. The zero-order chi connectivity index (χ0) is 16.7. The number of carbonyl (C=O) groups excluding carboxylic acids is 1. The predicted molar refractivity (Wildman–Crippen MR) is 88.5 cm³/mol. The average Bonchev–Trinajstić information content (AvgIpc) is 3.00. The molecular weight excluding hydrogens is 294 g/mol. The Morgan fingerprint density at radius 2 is 2.09 bits per heavy atom. The molecule has 7 nitrogen and oxygen atoms in total. The van der Waals surface area contributed by atoms with E-state index >= 15 is 0 Å². The van der Waals surface area contributed by atoms with Gasteiger partial charge in [0.05, 0.1) is 26.0 Å². The monoisotopic (exact) mass is 315 g/mol. The molecule has 0 aliphatic heterocycles. The standard InChI is InChI=1S/C16H21N5O2/c1-12(2)16(22)18-7-9-23-10-8-21-11-15(19-20-21)13-3-5-14(17)6-4-13/h3-6,11H,1,7-10,17H2,2H3,(H,18,22). The highest BCUT2D eigenvalue weighted by Gasteiger charge is 2.04. The lowest BCUT2D eigenvalue weighted by Gasteiger charge is -2.06. The third kappa shape index (κ3) is 5.23. The van der Waals surface area contributed by atoms with E-state index in [0.29, 0.717) is 37.6 Å². The van der Waals surface area contributed by atoms with E-state index in [-0.39, 0.29) is 5.91 Å². The number of carbonyl (C=O) groups is 1. The number of hydrogen-bond acceptors (Lipinski definition) is 5. The van der Waals surface area contributed by atoms with Crippen molar-refractivity contribution < 1.29 is 9.53 Å². The molecule has 1 aromatic carbocycles. The number of anilines is 1. The number of aromatic nitrogens is 3. The first-order valence-corrected chi connectivity index (χ1v) is 7.34. The van der Waals surface area contributed by atoms with Gasteiger partial charge >= 0.3 is 0 Å². The van der Waals surface area contributed by atoms with Crippen molar-refractivity contribution in [3.05, 3.63) is 42.6 Å². The Morgan fingerprint density at radius 1 is 1.35 bits per heavy atom. The SMILES string of the molecule is C=C(C)C(=O)NCCOCCn1cc(-c2ccc(N)cc2)nn1. The minimum Gasteiger partial charge on any atom is -0.399 e. The van der Waals surface area contributed by atoms with Crippen molar-refractivity contribution in [3.8, 4) is 11.3 Å². The number of ether oxygens (including phenoxy) is 1. The van der Waals surface area contributed by atoms with E-state index in [0.717, 1.165) is 11.3 Å². The Morgan fingerprint density at radius 3 is 2.78 bits per heavy atom. The second-order valence-corrected chi connectivity index (χ2v) is 5.14. The molecule has 0 fully saturated rings. The topological polar surface area (TPSA) is 95.1 Å². The summed E-state index contributed by atoms with van der Waals surface area (Å²) in [5.74, 6) is -0.155. The zero-order valence-electron chi connectivity index (χ0n) is 13.2. The van der Waals surface area contributed by atoms with E-state index in [9.17, 15) is 4.79 Å². The van der Waals surface area contributed by atoms with Crippen molar-refractivity contribution in [2.75, 3.05) is 25.5 Å². The number of hydrogen-bond donors (Lipinski definition) is 2. The summed E-state index contributed by atoms with van der Waals surface area (Å²) < 4.78 is 7.17. The molecule has 0 saturated carbocycles. The molecule has 23 heavy (non-hydrogen) atoms. The van der Waals surface area contributed by atoms with E-state index in [4.69, 9.17) is 10.5 Å². The maximum atomic E-state index is 11.3. The first-order valence-electron chi connectivity index (χ1n) is 7.34. The molecule has 1 aromatic heterocycles. The number of nitrogens with one attached hydrogen (secondary N) is 1. The van der Waals surface area contributed by atoms with Gasteiger partial charge in [0.25, 0.3) is 0 Å². The minimum atomic E-state index is -0.155. The van der Waals surface area contributed by atoms with Crippen LogP contribution in [0.5, 0.6) is 0 Å². The number of rotatable bonds is 8. The van der Waals surface area contributed by atoms with Gasteiger partial charge in [-0.15, -0.1) is 5.10 Å². The van der Waals surface area contributed by atoms with E-state index in [2.05, 4.69) is 22.2 Å². The molecule has 0 atom stereocenters. The molecule has 0 aliphatic rings. The van der Waals surface area contributed by atoms with Gasteiger partial charge < -0.3 is 15.8 Å². The van der Waals surface area contributed by atoms with Crippen LogP contribution in [0.1, 0.15) is 6.92 Å². The van der Waals surface area contributed by atoms with Crippen LogP contribution < -0.4 is 11.1 Å². The summed E-state index contributed by atoms with van der Waals surface area (Å²) in [6, 6.07) is 7.47. The Bertz CT molecular complexity index is 663. The van der Waals surface area contributed by atoms with Crippen molar-refractivity contribution in [2.24, 2.45) is 0 Å². The van der Waals surface area contributed by atoms with Crippen LogP contribution in [0.25, 0.3) is 11.3 Å². The maximum Gasteiger partial charge on any atom is 0.246 e. The van der Waals surface area contributed by atoms with E-state index in [1.807, 2.05) is 30.5 Å². The van der Waals surface area contributed by atoms with Gasteiger partial charge in [-0.1, -0.05) is 23.9 Å². The summed E-state index contributed by atoms with van der Waals surface area (Å²) in [4.78, 5) is 11.3. The molecule has 2 aromatic rings. The molecule has 1 amide bonds. The van der Waals surface area contributed by atoms with Gasteiger partial charge in [0.2, 0.25) is 5.91 Å². The lowest BCUT2D eigenvalue weighted by atomic mass is 10.1. The highest BCUT2D eigenvalue weighted by molar-refractivity contribution is 5.92. The number of nitrogens with zero attached hydrogens (tertiary/aromatic N) is 3. The Kier molecular flexibility index (Phi) is 5.87. The molecule has 0 saturated heterocycles. The van der Waals surface area contributed by atoms with E-state index < -0.39 is 0 Å². The van der Waals surface area contributed by atoms with Crippen LogP contribution in [0.15, 0.2) is 42.6 Å². The number of amides is 1. The molecule has 122 valence electrons. The lowest BCUT2D eigenvalue weighted by Crippen LogP contribution is -2.27. The van der Waals surface area contributed by atoms with Gasteiger partial charge in [0.15, 0.2) is 0 Å². The number of nitrogens with two attached hydrogens (primary N) is 1. The number of benzene rings is 1. The van der Waals surface area contributed by atoms with Crippen LogP contribution in [0.3, 0.4) is 0 Å². The molecule has 0 aliphatic carbocycles. The van der Waals surface area contributed by atoms with Gasteiger partial charge in [-0.3, -0.25) is 4.79 Å². The summed E-state index contributed by atoms with van der Waals surface area (Å²) in [5, 5.41) is 10.9. The summed E-state index contributed by atoms with van der Waals surface area (Å²) in [5.41, 5.74) is 8.62. The molecule has 0 bridgehead atoms. The molecule has 0 spiro atoms. The summed E-state index contributed by atoms with van der Waals surface area (Å²) in [6.07, 6.45) is 1.86. The van der Waals surface area contributed by atoms with Crippen molar-refractivity contribution >= 4 is 11.6 Å². The van der Waals surface area contributed by atoms with Gasteiger partial charge in [0, 0.05) is 23.4 Å². The second-order valence-electron chi connectivity index (χ2n) is 5.14. The van der Waals surface area contributed by atoms with Gasteiger partial charge in [-0.25, -0.2) is 4.68 Å². The summed E-state index contributed by atoms with van der Waals surface area (Å²) in [7, 11) is 0. The fraction of sp³-hybridized carbons (Fsp3) is 0.312. The van der Waals surface area contributed by atoms with Gasteiger partial charge in [0.1, 0.15) is 5.69 Å². The summed E-state index contributed by atoms with van der Waals surface area (Å²) in [6.45, 7) is 7.22. The molecule has 0 radical (unpaired) electrons. The quantitative estimate of drug-likeness (QED) is 0.434. The third-order valence-corrected chi connectivity index (χ3v) is 3.13. The predicted octanol–water partition coefficient (Wildman–Crippen LogP) is 1.24. The van der Waals surface area contributed by atoms with Crippen LogP contribution >= 0.6 is 0 Å². The van der Waals surface area contributed by atoms with Crippen molar-refractivity contribution in [3.63, 3.8) is 0 Å². The Labute approximate surface area is 135 Å². The van der Waals surface area contributed by atoms with Crippen molar-refractivity contribution in [1.82, 2.24) is 20.3 Å².